The van der Waals surface area contributed by atoms with Gasteiger partial charge >= 0.3 is 0 Å². The molecule has 2 heterocycles. The average Bonchev–Trinajstić information content (AvgIpc) is 2.68. The van der Waals surface area contributed by atoms with Crippen LogP contribution in [-0.4, -0.2) is 26.6 Å². The Morgan fingerprint density at radius 2 is 2.19 bits per heavy atom. The van der Waals surface area contributed by atoms with Crippen molar-refractivity contribution in [3.05, 3.63) is 12.2 Å². The lowest BCUT2D eigenvalue weighted by molar-refractivity contribution is 0.399. The topological polar surface area (TPSA) is 52.8 Å². The number of imidazole rings is 1. The number of hydrogen-bond acceptors (Lipinski definition) is 4. The summed E-state index contributed by atoms with van der Waals surface area (Å²) in [6, 6.07) is 0. The molecule has 2 aromatic rings. The Morgan fingerprint density at radius 3 is 2.88 bits per heavy atom. The second-order valence-corrected chi connectivity index (χ2v) is 3.78. The Hall–Kier alpha value is -1.65. The molecule has 0 saturated heterocycles. The zero-order valence-electron chi connectivity index (χ0n) is 9.90. The summed E-state index contributed by atoms with van der Waals surface area (Å²) in [5, 5.41) is 0. The predicted octanol–water partition coefficient (Wildman–Crippen LogP) is 1.71. The predicted molar refractivity (Wildman–Crippen MR) is 61.5 cm³/mol. The minimum atomic E-state index is 0.566. The molecule has 0 atom stereocenters. The molecule has 0 unspecified atom stereocenters. The fourth-order valence-corrected chi connectivity index (χ4v) is 1.61. The van der Waals surface area contributed by atoms with Gasteiger partial charge in [-0.25, -0.2) is 9.97 Å². The van der Waals surface area contributed by atoms with Crippen molar-refractivity contribution >= 4 is 11.2 Å². The largest absolute Gasteiger partial charge is 0.479 e. The van der Waals surface area contributed by atoms with E-state index >= 15 is 0 Å². The van der Waals surface area contributed by atoms with Crippen LogP contribution in [0.15, 0.2) is 6.33 Å². The molecule has 2 aromatic heterocycles. The van der Waals surface area contributed by atoms with Gasteiger partial charge < -0.3 is 9.30 Å². The molecule has 16 heavy (non-hydrogen) atoms. The minimum Gasteiger partial charge on any atom is -0.479 e. The van der Waals surface area contributed by atoms with Crippen LogP contribution in [0, 0.1) is 0 Å². The van der Waals surface area contributed by atoms with E-state index in [0.717, 1.165) is 36.3 Å². The maximum Gasteiger partial charge on any atom is 0.245 e. The van der Waals surface area contributed by atoms with Crippen LogP contribution in [0.4, 0.5) is 0 Å². The van der Waals surface area contributed by atoms with E-state index in [-0.39, 0.29) is 0 Å². The third-order valence-electron chi connectivity index (χ3n) is 2.52. The van der Waals surface area contributed by atoms with Crippen molar-refractivity contribution in [3.8, 4) is 5.88 Å². The van der Waals surface area contributed by atoms with E-state index in [9.17, 15) is 0 Å². The van der Waals surface area contributed by atoms with E-state index in [1.807, 2.05) is 11.6 Å². The molecule has 86 valence electrons. The lowest BCUT2D eigenvalue weighted by atomic mass is 10.2. The van der Waals surface area contributed by atoms with E-state index in [2.05, 4.69) is 21.9 Å². The first-order valence-corrected chi connectivity index (χ1v) is 5.48. The fourth-order valence-electron chi connectivity index (χ4n) is 1.61. The average molecular weight is 220 g/mol. The van der Waals surface area contributed by atoms with Crippen LogP contribution in [0.5, 0.6) is 5.88 Å². The van der Waals surface area contributed by atoms with Crippen molar-refractivity contribution < 1.29 is 4.74 Å². The highest BCUT2D eigenvalue weighted by Gasteiger charge is 2.11. The molecule has 0 amide bonds. The summed E-state index contributed by atoms with van der Waals surface area (Å²) < 4.78 is 7.12. The summed E-state index contributed by atoms with van der Waals surface area (Å²) in [5.41, 5.74) is 1.56. The molecule has 0 spiro atoms. The third kappa shape index (κ3) is 1.85. The summed E-state index contributed by atoms with van der Waals surface area (Å²) >= 11 is 0. The molecule has 0 saturated carbocycles. The quantitative estimate of drug-likeness (QED) is 0.787. The number of aromatic nitrogens is 4. The molecule has 2 rings (SSSR count). The Bertz CT molecular complexity index is 492. The first-order chi connectivity index (χ1) is 7.76. The van der Waals surface area contributed by atoms with E-state index in [1.165, 1.54) is 0 Å². The van der Waals surface area contributed by atoms with Crippen LogP contribution in [0.3, 0.4) is 0 Å². The van der Waals surface area contributed by atoms with Crippen LogP contribution < -0.4 is 4.74 Å². The van der Waals surface area contributed by atoms with Crippen LogP contribution in [0.1, 0.15) is 25.6 Å². The molecule has 0 N–H and O–H groups in total. The molecular formula is C11H16N4O. The number of aryl methyl sites for hydroxylation is 2. The SMILES string of the molecule is CCCCc1nc(OC)c2ncn(C)c2n1. The lowest BCUT2D eigenvalue weighted by Gasteiger charge is -2.04. The van der Waals surface area contributed by atoms with Gasteiger partial charge in [0, 0.05) is 13.5 Å². The van der Waals surface area contributed by atoms with Crippen LogP contribution >= 0.6 is 0 Å². The summed E-state index contributed by atoms with van der Waals surface area (Å²) in [6.07, 6.45) is 4.83. The summed E-state index contributed by atoms with van der Waals surface area (Å²) in [5.74, 6) is 1.39. The Balaban J connectivity index is 2.48. The third-order valence-corrected chi connectivity index (χ3v) is 2.52. The van der Waals surface area contributed by atoms with Crippen molar-refractivity contribution in [1.29, 1.82) is 0 Å². The number of hydrogen-bond donors (Lipinski definition) is 0. The molecule has 5 heteroatoms. The second-order valence-electron chi connectivity index (χ2n) is 3.78. The van der Waals surface area contributed by atoms with Crippen LogP contribution in [0.2, 0.25) is 0 Å². The molecular weight excluding hydrogens is 204 g/mol. The number of ether oxygens (including phenoxy) is 1. The van der Waals surface area contributed by atoms with Gasteiger partial charge in [0.2, 0.25) is 5.88 Å². The van der Waals surface area contributed by atoms with Crippen molar-refractivity contribution in [2.75, 3.05) is 7.11 Å². The van der Waals surface area contributed by atoms with Crippen molar-refractivity contribution in [1.82, 2.24) is 19.5 Å². The molecule has 0 fully saturated rings. The van der Waals surface area contributed by atoms with Gasteiger partial charge in [-0.05, 0) is 6.42 Å². The molecule has 0 aromatic carbocycles. The maximum atomic E-state index is 5.23. The zero-order valence-corrected chi connectivity index (χ0v) is 9.90. The minimum absolute atomic E-state index is 0.566. The Kier molecular flexibility index (Phi) is 3.03. The molecule has 0 aliphatic carbocycles. The van der Waals surface area contributed by atoms with E-state index in [0.29, 0.717) is 5.88 Å². The second kappa shape index (κ2) is 4.47. The molecule has 0 aliphatic heterocycles. The smallest absolute Gasteiger partial charge is 0.245 e. The van der Waals surface area contributed by atoms with Gasteiger partial charge in [0.05, 0.1) is 13.4 Å². The number of methoxy groups -OCH3 is 1. The zero-order chi connectivity index (χ0) is 11.5. The summed E-state index contributed by atoms with van der Waals surface area (Å²) in [7, 11) is 3.53. The number of rotatable bonds is 4. The first kappa shape index (κ1) is 10.9. The molecule has 0 bridgehead atoms. The highest BCUT2D eigenvalue weighted by molar-refractivity contribution is 5.76. The van der Waals surface area contributed by atoms with E-state index in [1.54, 1.807) is 13.4 Å². The fraction of sp³-hybridized carbons (Fsp3) is 0.545. The number of unbranched alkanes of at least 4 members (excludes halogenated alkanes) is 1. The number of fused-ring (bicyclic) bond motifs is 1. The maximum absolute atomic E-state index is 5.23. The molecule has 5 nitrogen and oxygen atoms in total. The summed E-state index contributed by atoms with van der Waals surface area (Å²) in [6.45, 7) is 2.15. The van der Waals surface area contributed by atoms with Crippen molar-refractivity contribution in [2.24, 2.45) is 7.05 Å². The Labute approximate surface area is 94.5 Å². The molecule has 0 radical (unpaired) electrons. The highest BCUT2D eigenvalue weighted by atomic mass is 16.5. The van der Waals surface area contributed by atoms with Gasteiger partial charge in [-0.2, -0.15) is 4.98 Å². The van der Waals surface area contributed by atoms with Gasteiger partial charge in [0.1, 0.15) is 5.82 Å². The first-order valence-electron chi connectivity index (χ1n) is 5.48. The molecule has 0 aliphatic rings. The van der Waals surface area contributed by atoms with E-state index < -0.39 is 0 Å². The van der Waals surface area contributed by atoms with Crippen LogP contribution in [-0.2, 0) is 13.5 Å². The van der Waals surface area contributed by atoms with Gasteiger partial charge in [-0.3, -0.25) is 0 Å². The standard InChI is InChI=1S/C11H16N4O/c1-4-5-6-8-13-10-9(11(14-8)16-3)12-7-15(10)2/h7H,4-6H2,1-3H3. The van der Waals surface area contributed by atoms with Gasteiger partial charge in [-0.1, -0.05) is 13.3 Å². The van der Waals surface area contributed by atoms with Gasteiger partial charge in [-0.15, -0.1) is 0 Å². The van der Waals surface area contributed by atoms with Gasteiger partial charge in [0.25, 0.3) is 0 Å². The van der Waals surface area contributed by atoms with E-state index in [4.69, 9.17) is 4.74 Å². The lowest BCUT2D eigenvalue weighted by Crippen LogP contribution is -2.01. The number of nitrogens with zero attached hydrogens (tertiary/aromatic N) is 4. The van der Waals surface area contributed by atoms with Gasteiger partial charge in [0.15, 0.2) is 11.2 Å². The monoisotopic (exact) mass is 220 g/mol. The van der Waals surface area contributed by atoms with Crippen molar-refractivity contribution in [2.45, 2.75) is 26.2 Å². The van der Waals surface area contributed by atoms with Crippen molar-refractivity contribution in [3.63, 3.8) is 0 Å². The normalized spacial score (nSPS) is 10.9. The van der Waals surface area contributed by atoms with Crippen LogP contribution in [0.25, 0.3) is 11.2 Å². The Morgan fingerprint density at radius 1 is 1.38 bits per heavy atom. The highest BCUT2D eigenvalue weighted by Crippen LogP contribution is 2.20. The summed E-state index contributed by atoms with van der Waals surface area (Å²) in [4.78, 5) is 13.1.